The predicted molar refractivity (Wildman–Crippen MR) is 96.5 cm³/mol. The Bertz CT molecular complexity index is 814. The number of aromatic nitrogens is 2. The van der Waals surface area contributed by atoms with E-state index in [0.717, 1.165) is 17.9 Å². The first-order valence-corrected chi connectivity index (χ1v) is 9.77. The average molecular weight is 363 g/mol. The van der Waals surface area contributed by atoms with Crippen molar-refractivity contribution in [3.05, 3.63) is 48.0 Å². The number of nitrogens with zero attached hydrogens (tertiary/aromatic N) is 4. The number of aryl methyl sites for hydroxylation is 1. The summed E-state index contributed by atoms with van der Waals surface area (Å²) in [5.74, 6) is 0.750. The minimum Gasteiger partial charge on any atom is -0.337 e. The van der Waals surface area contributed by atoms with Crippen LogP contribution >= 0.6 is 0 Å². The van der Waals surface area contributed by atoms with Gasteiger partial charge in [0.05, 0.1) is 10.9 Å². The molecule has 1 N–H and O–H groups in total. The highest BCUT2D eigenvalue weighted by atomic mass is 32.2. The van der Waals surface area contributed by atoms with Crippen LogP contribution in [0.1, 0.15) is 17.4 Å². The van der Waals surface area contributed by atoms with Crippen molar-refractivity contribution >= 4 is 10.0 Å². The van der Waals surface area contributed by atoms with Gasteiger partial charge in [0.1, 0.15) is 5.82 Å². The zero-order chi connectivity index (χ0) is 18.0. The quantitative estimate of drug-likeness (QED) is 0.852. The van der Waals surface area contributed by atoms with Gasteiger partial charge in [-0.25, -0.2) is 13.4 Å². The van der Waals surface area contributed by atoms with Gasteiger partial charge >= 0.3 is 0 Å². The number of nitrogens with one attached hydrogen (secondary N) is 1. The van der Waals surface area contributed by atoms with Gasteiger partial charge in [-0.1, -0.05) is 12.1 Å². The van der Waals surface area contributed by atoms with Crippen LogP contribution in [0.3, 0.4) is 0 Å². The van der Waals surface area contributed by atoms with Gasteiger partial charge in [0.15, 0.2) is 0 Å². The number of imidazole rings is 1. The highest BCUT2D eigenvalue weighted by Gasteiger charge is 2.36. The van der Waals surface area contributed by atoms with E-state index < -0.39 is 10.0 Å². The van der Waals surface area contributed by atoms with Crippen LogP contribution in [0, 0.1) is 0 Å². The summed E-state index contributed by atoms with van der Waals surface area (Å²) in [7, 11) is 2.29. The topological polar surface area (TPSA) is 70.5 Å². The van der Waals surface area contributed by atoms with Crippen molar-refractivity contribution in [3.63, 3.8) is 0 Å². The fourth-order valence-electron chi connectivity index (χ4n) is 3.16. The second kappa shape index (κ2) is 7.25. The first kappa shape index (κ1) is 18.1. The van der Waals surface area contributed by atoms with Gasteiger partial charge in [-0.3, -0.25) is 0 Å². The maximum absolute atomic E-state index is 13.2. The lowest BCUT2D eigenvalue weighted by atomic mass is 10.2. The minimum absolute atomic E-state index is 0.305. The SMILES string of the molecule is CN(C)Cc1ccc(S(=O)(=O)N2CCNCC2c2nccn2C)cc1. The highest BCUT2D eigenvalue weighted by Crippen LogP contribution is 2.28. The summed E-state index contributed by atoms with van der Waals surface area (Å²) in [5, 5.41) is 3.27. The summed E-state index contributed by atoms with van der Waals surface area (Å²) in [6.45, 7) is 2.41. The van der Waals surface area contributed by atoms with Crippen molar-refractivity contribution in [3.8, 4) is 0 Å². The van der Waals surface area contributed by atoms with Gasteiger partial charge < -0.3 is 14.8 Å². The second-order valence-corrected chi connectivity index (χ2v) is 8.50. The van der Waals surface area contributed by atoms with Gasteiger partial charge in [0.25, 0.3) is 0 Å². The van der Waals surface area contributed by atoms with Crippen molar-refractivity contribution in [1.82, 2.24) is 24.1 Å². The molecule has 2 heterocycles. The number of hydrogen-bond acceptors (Lipinski definition) is 5. The monoisotopic (exact) mass is 363 g/mol. The fraction of sp³-hybridized carbons (Fsp3) is 0.471. The Kier molecular flexibility index (Phi) is 5.24. The summed E-state index contributed by atoms with van der Waals surface area (Å²) < 4.78 is 29.8. The first-order chi connectivity index (χ1) is 11.9. The third kappa shape index (κ3) is 3.77. The van der Waals surface area contributed by atoms with Gasteiger partial charge in [-0.15, -0.1) is 0 Å². The molecule has 0 saturated carbocycles. The standard InChI is InChI=1S/C17H25N5O2S/c1-20(2)13-14-4-6-15(7-5-14)25(23,24)22-11-8-18-12-16(22)17-19-9-10-21(17)3/h4-7,9-10,16,18H,8,11-13H2,1-3H3. The fourth-order valence-corrected chi connectivity index (χ4v) is 4.75. The third-order valence-corrected chi connectivity index (χ3v) is 6.30. The van der Waals surface area contributed by atoms with Gasteiger partial charge in [0, 0.05) is 45.6 Å². The maximum Gasteiger partial charge on any atom is 0.243 e. The van der Waals surface area contributed by atoms with Crippen LogP contribution in [0.5, 0.6) is 0 Å². The number of sulfonamides is 1. The number of benzene rings is 1. The molecule has 1 aliphatic rings. The van der Waals surface area contributed by atoms with Gasteiger partial charge in [0.2, 0.25) is 10.0 Å². The molecule has 3 rings (SSSR count). The Balaban J connectivity index is 1.90. The maximum atomic E-state index is 13.2. The summed E-state index contributed by atoms with van der Waals surface area (Å²) in [6.07, 6.45) is 3.54. The lowest BCUT2D eigenvalue weighted by Crippen LogP contribution is -2.49. The summed E-state index contributed by atoms with van der Waals surface area (Å²) in [4.78, 5) is 6.74. The number of rotatable bonds is 5. The molecular weight excluding hydrogens is 338 g/mol. The Morgan fingerprint density at radius 1 is 1.28 bits per heavy atom. The molecule has 1 saturated heterocycles. The Morgan fingerprint density at radius 3 is 2.60 bits per heavy atom. The molecule has 136 valence electrons. The smallest absolute Gasteiger partial charge is 0.243 e. The molecule has 8 heteroatoms. The zero-order valence-corrected chi connectivity index (χ0v) is 15.7. The molecule has 25 heavy (non-hydrogen) atoms. The van der Waals surface area contributed by atoms with Crippen molar-refractivity contribution < 1.29 is 8.42 Å². The third-order valence-electron chi connectivity index (χ3n) is 4.38. The van der Waals surface area contributed by atoms with Crippen LogP contribution in [0.25, 0.3) is 0 Å². The van der Waals surface area contributed by atoms with Crippen LogP contribution in [-0.4, -0.2) is 60.9 Å². The molecule has 0 radical (unpaired) electrons. The first-order valence-electron chi connectivity index (χ1n) is 8.33. The molecule has 0 spiro atoms. The molecular formula is C17H25N5O2S. The van der Waals surface area contributed by atoms with Crippen LogP contribution in [0.4, 0.5) is 0 Å². The van der Waals surface area contributed by atoms with Crippen molar-refractivity contribution in [1.29, 1.82) is 0 Å². The zero-order valence-electron chi connectivity index (χ0n) is 14.9. The van der Waals surface area contributed by atoms with Crippen molar-refractivity contribution in [2.45, 2.75) is 17.5 Å². The molecule has 0 bridgehead atoms. The van der Waals surface area contributed by atoms with Crippen molar-refractivity contribution in [2.75, 3.05) is 33.7 Å². The second-order valence-electron chi connectivity index (χ2n) is 6.61. The van der Waals surface area contributed by atoms with Crippen LogP contribution in [-0.2, 0) is 23.6 Å². The van der Waals surface area contributed by atoms with E-state index in [0.29, 0.717) is 24.5 Å². The van der Waals surface area contributed by atoms with Crippen LogP contribution in [0.2, 0.25) is 0 Å². The van der Waals surface area contributed by atoms with E-state index in [4.69, 9.17) is 0 Å². The van der Waals surface area contributed by atoms with Crippen molar-refractivity contribution in [2.24, 2.45) is 7.05 Å². The molecule has 1 fully saturated rings. The normalized spacial score (nSPS) is 19.4. The predicted octanol–water partition coefficient (Wildman–Crippen LogP) is 0.817. The molecule has 1 aromatic carbocycles. The average Bonchev–Trinajstić information content (AvgIpc) is 3.01. The van der Waals surface area contributed by atoms with Gasteiger partial charge in [-0.05, 0) is 31.8 Å². The van der Waals surface area contributed by atoms with Gasteiger partial charge in [-0.2, -0.15) is 4.31 Å². The van der Waals surface area contributed by atoms with E-state index in [1.54, 1.807) is 22.6 Å². The Labute approximate surface area is 149 Å². The van der Waals surface area contributed by atoms with E-state index in [2.05, 4.69) is 15.2 Å². The molecule has 0 amide bonds. The van der Waals surface area contributed by atoms with E-state index in [-0.39, 0.29) is 6.04 Å². The minimum atomic E-state index is -3.57. The molecule has 0 aliphatic carbocycles. The molecule has 1 unspecified atom stereocenters. The van der Waals surface area contributed by atoms with E-state index in [1.165, 1.54) is 0 Å². The molecule has 1 aromatic heterocycles. The molecule has 7 nitrogen and oxygen atoms in total. The number of piperazine rings is 1. The molecule has 2 aromatic rings. The largest absolute Gasteiger partial charge is 0.337 e. The van der Waals surface area contributed by atoms with Crippen LogP contribution < -0.4 is 5.32 Å². The van der Waals surface area contributed by atoms with E-state index >= 15 is 0 Å². The van der Waals surface area contributed by atoms with E-state index in [1.807, 2.05) is 44.0 Å². The Hall–Kier alpha value is -1.74. The molecule has 1 aliphatic heterocycles. The van der Waals surface area contributed by atoms with E-state index in [9.17, 15) is 8.42 Å². The number of hydrogen-bond donors (Lipinski definition) is 1. The lowest BCUT2D eigenvalue weighted by Gasteiger charge is -2.34. The Morgan fingerprint density at radius 2 is 2.00 bits per heavy atom. The molecule has 1 atom stereocenters. The lowest BCUT2D eigenvalue weighted by molar-refractivity contribution is 0.258. The summed E-state index contributed by atoms with van der Waals surface area (Å²) >= 11 is 0. The summed E-state index contributed by atoms with van der Waals surface area (Å²) in [6, 6.07) is 6.85. The summed E-state index contributed by atoms with van der Waals surface area (Å²) in [5.41, 5.74) is 1.09. The highest BCUT2D eigenvalue weighted by molar-refractivity contribution is 7.89. The van der Waals surface area contributed by atoms with Crippen LogP contribution in [0.15, 0.2) is 41.6 Å².